The third-order valence-electron chi connectivity index (χ3n) is 3.91. The molecule has 0 fully saturated rings. The Morgan fingerprint density at radius 3 is 2.58 bits per heavy atom. The second-order valence-corrected chi connectivity index (χ2v) is 8.42. The lowest BCUT2D eigenvalue weighted by Crippen LogP contribution is -2.45. The molecule has 3 N–H and O–H groups in total. The third-order valence-corrected chi connectivity index (χ3v) is 5.83. The molecule has 0 aliphatic carbocycles. The highest BCUT2D eigenvalue weighted by molar-refractivity contribution is 7.10. The second kappa shape index (κ2) is 8.14. The molecule has 0 amide bonds. The van der Waals surface area contributed by atoms with Crippen molar-refractivity contribution in [3.05, 3.63) is 44.8 Å². The van der Waals surface area contributed by atoms with Crippen molar-refractivity contribution in [2.75, 3.05) is 19.6 Å². The average Bonchev–Trinajstić information content (AvgIpc) is 3.23. The molecule has 2 aromatic heterocycles. The van der Waals surface area contributed by atoms with E-state index in [1.165, 1.54) is 4.88 Å². The molecule has 0 aliphatic heterocycles. The summed E-state index contributed by atoms with van der Waals surface area (Å²) in [5.41, 5.74) is 0.000961. The van der Waals surface area contributed by atoms with Crippen LogP contribution in [0.15, 0.2) is 39.3 Å². The highest BCUT2D eigenvalue weighted by atomic mass is 32.1. The molecule has 4 nitrogen and oxygen atoms in total. The van der Waals surface area contributed by atoms with Gasteiger partial charge in [-0.3, -0.25) is 4.99 Å². The van der Waals surface area contributed by atoms with Crippen molar-refractivity contribution in [1.29, 1.82) is 0 Å². The Morgan fingerprint density at radius 1 is 1.21 bits per heavy atom. The van der Waals surface area contributed by atoms with Crippen molar-refractivity contribution >= 4 is 28.6 Å². The van der Waals surface area contributed by atoms with Crippen LogP contribution in [0, 0.1) is 0 Å². The maximum absolute atomic E-state index is 10.6. The molecule has 0 radical (unpaired) electrons. The Kier molecular flexibility index (Phi) is 6.43. The van der Waals surface area contributed by atoms with Crippen molar-refractivity contribution in [2.45, 2.75) is 38.7 Å². The van der Waals surface area contributed by atoms with E-state index >= 15 is 0 Å². The van der Waals surface area contributed by atoms with Gasteiger partial charge in [0, 0.05) is 16.8 Å². The van der Waals surface area contributed by atoms with Gasteiger partial charge in [0.05, 0.1) is 13.1 Å². The highest BCUT2D eigenvalue weighted by Gasteiger charge is 2.25. The summed E-state index contributed by atoms with van der Waals surface area (Å²) in [7, 11) is 0. The Morgan fingerprint density at radius 2 is 2.00 bits per heavy atom. The van der Waals surface area contributed by atoms with Crippen molar-refractivity contribution in [3.8, 4) is 0 Å². The summed E-state index contributed by atoms with van der Waals surface area (Å²) in [5, 5.41) is 23.2. The van der Waals surface area contributed by atoms with Gasteiger partial charge in [-0.1, -0.05) is 19.9 Å². The van der Waals surface area contributed by atoms with Crippen LogP contribution in [0.3, 0.4) is 0 Å². The fourth-order valence-corrected chi connectivity index (χ4v) is 3.92. The number of aliphatic hydroxyl groups is 1. The van der Waals surface area contributed by atoms with Crippen LogP contribution in [0.1, 0.15) is 38.1 Å². The van der Waals surface area contributed by atoms with E-state index < -0.39 is 5.60 Å². The molecular formula is C18H27N3OS2. The summed E-state index contributed by atoms with van der Waals surface area (Å²) in [6.45, 7) is 10.1. The third kappa shape index (κ3) is 5.06. The maximum Gasteiger partial charge on any atom is 0.191 e. The van der Waals surface area contributed by atoms with Gasteiger partial charge in [-0.05, 0) is 47.7 Å². The number of thiophene rings is 2. The molecule has 2 aromatic rings. The molecule has 132 valence electrons. The Hall–Kier alpha value is -1.37. The minimum Gasteiger partial charge on any atom is -0.384 e. The predicted molar refractivity (Wildman–Crippen MR) is 105 cm³/mol. The smallest absolute Gasteiger partial charge is 0.191 e. The topological polar surface area (TPSA) is 56.7 Å². The van der Waals surface area contributed by atoms with Crippen LogP contribution in [0.4, 0.5) is 0 Å². The van der Waals surface area contributed by atoms with Crippen LogP contribution in [-0.2, 0) is 11.0 Å². The van der Waals surface area contributed by atoms with E-state index in [0.29, 0.717) is 13.1 Å². The van der Waals surface area contributed by atoms with Crippen LogP contribution in [-0.4, -0.2) is 30.7 Å². The molecule has 0 saturated carbocycles. The quantitative estimate of drug-likeness (QED) is 0.519. The van der Waals surface area contributed by atoms with E-state index in [0.717, 1.165) is 18.1 Å². The van der Waals surface area contributed by atoms with Gasteiger partial charge in [0.1, 0.15) is 5.60 Å². The van der Waals surface area contributed by atoms with Gasteiger partial charge in [-0.25, -0.2) is 0 Å². The van der Waals surface area contributed by atoms with E-state index in [-0.39, 0.29) is 5.41 Å². The van der Waals surface area contributed by atoms with Gasteiger partial charge in [-0.2, -0.15) is 11.3 Å². The Labute approximate surface area is 152 Å². The summed E-state index contributed by atoms with van der Waals surface area (Å²) < 4.78 is 0. The fourth-order valence-electron chi connectivity index (χ4n) is 2.29. The number of aliphatic imine (C=N–C) groups is 1. The summed E-state index contributed by atoms with van der Waals surface area (Å²) in [6.07, 6.45) is 0. The molecule has 2 heterocycles. The molecule has 0 aromatic carbocycles. The number of rotatable bonds is 7. The van der Waals surface area contributed by atoms with Crippen molar-refractivity contribution in [3.63, 3.8) is 0 Å². The van der Waals surface area contributed by atoms with Gasteiger partial charge >= 0.3 is 0 Å². The number of nitrogens with zero attached hydrogens (tertiary/aromatic N) is 1. The first kappa shape index (κ1) is 19.0. The van der Waals surface area contributed by atoms with Crippen LogP contribution in [0.2, 0.25) is 0 Å². The van der Waals surface area contributed by atoms with Crippen LogP contribution < -0.4 is 10.6 Å². The average molecular weight is 366 g/mol. The number of hydrogen-bond donors (Lipinski definition) is 3. The van der Waals surface area contributed by atoms with Crippen molar-refractivity contribution in [1.82, 2.24) is 10.6 Å². The van der Waals surface area contributed by atoms with E-state index in [2.05, 4.69) is 42.0 Å². The van der Waals surface area contributed by atoms with Crippen LogP contribution in [0.25, 0.3) is 0 Å². The number of nitrogens with one attached hydrogen (secondary N) is 2. The first-order chi connectivity index (χ1) is 11.3. The lowest BCUT2D eigenvalue weighted by atomic mass is 9.92. The van der Waals surface area contributed by atoms with Gasteiger partial charge in [0.2, 0.25) is 0 Å². The van der Waals surface area contributed by atoms with E-state index in [1.54, 1.807) is 22.7 Å². The van der Waals surface area contributed by atoms with Gasteiger partial charge < -0.3 is 15.7 Å². The SMILES string of the molecule is CCNC(=NCC(C)(C)c1cccs1)NCC(C)(O)c1ccsc1. The zero-order chi connectivity index (χ0) is 17.6. The molecule has 6 heteroatoms. The fraction of sp³-hybridized carbons (Fsp3) is 0.500. The molecule has 0 saturated heterocycles. The monoisotopic (exact) mass is 365 g/mol. The summed E-state index contributed by atoms with van der Waals surface area (Å²) in [4.78, 5) is 6.04. The number of hydrogen-bond acceptors (Lipinski definition) is 4. The van der Waals surface area contributed by atoms with Gasteiger partial charge in [0.25, 0.3) is 0 Å². The Balaban J connectivity index is 2.01. The largest absolute Gasteiger partial charge is 0.384 e. The zero-order valence-electron chi connectivity index (χ0n) is 14.8. The Bertz CT molecular complexity index is 631. The molecule has 1 atom stereocenters. The maximum atomic E-state index is 10.6. The lowest BCUT2D eigenvalue weighted by molar-refractivity contribution is 0.0621. The van der Waals surface area contributed by atoms with Crippen molar-refractivity contribution < 1.29 is 5.11 Å². The molecule has 24 heavy (non-hydrogen) atoms. The van der Waals surface area contributed by atoms with E-state index in [4.69, 9.17) is 4.99 Å². The van der Waals surface area contributed by atoms with Gasteiger partial charge in [0.15, 0.2) is 5.96 Å². The predicted octanol–water partition coefficient (Wildman–Crippen LogP) is 3.55. The first-order valence-corrected chi connectivity index (χ1v) is 9.98. The zero-order valence-corrected chi connectivity index (χ0v) is 16.4. The lowest BCUT2D eigenvalue weighted by Gasteiger charge is -2.25. The molecule has 0 spiro atoms. The van der Waals surface area contributed by atoms with E-state index in [1.807, 2.05) is 30.7 Å². The normalized spacial score (nSPS) is 15.1. The first-order valence-electron chi connectivity index (χ1n) is 8.16. The molecule has 0 bridgehead atoms. The van der Waals surface area contributed by atoms with Crippen LogP contribution >= 0.6 is 22.7 Å². The molecule has 2 rings (SSSR count). The molecule has 0 aliphatic rings. The minimum absolute atomic E-state index is 0.00755. The number of guanidine groups is 1. The summed E-state index contributed by atoms with van der Waals surface area (Å²) in [5.74, 6) is 0.734. The van der Waals surface area contributed by atoms with Crippen molar-refractivity contribution in [2.24, 2.45) is 4.99 Å². The standard InChI is InChI=1S/C18H27N3OS2/c1-5-19-16(20-12-17(2,3)15-7-6-9-24-15)21-13-18(4,22)14-8-10-23-11-14/h6-11,22H,5,12-13H2,1-4H3,(H2,19,20,21). The summed E-state index contributed by atoms with van der Waals surface area (Å²) >= 11 is 3.35. The molecular weight excluding hydrogens is 338 g/mol. The minimum atomic E-state index is -0.917. The van der Waals surface area contributed by atoms with Gasteiger partial charge in [-0.15, -0.1) is 11.3 Å². The van der Waals surface area contributed by atoms with Crippen LogP contribution in [0.5, 0.6) is 0 Å². The summed E-state index contributed by atoms with van der Waals surface area (Å²) in [6, 6.07) is 6.19. The second-order valence-electron chi connectivity index (χ2n) is 6.70. The van der Waals surface area contributed by atoms with E-state index in [9.17, 15) is 5.11 Å². The molecule has 1 unspecified atom stereocenters. The highest BCUT2D eigenvalue weighted by Crippen LogP contribution is 2.27.